The molecule has 0 fully saturated rings. The van der Waals surface area contributed by atoms with E-state index in [9.17, 15) is 9.59 Å². The fraction of sp³-hybridized carbons (Fsp3) is 0.400. The molecule has 2 heterocycles. The van der Waals surface area contributed by atoms with Crippen LogP contribution in [-0.4, -0.2) is 21.7 Å². The van der Waals surface area contributed by atoms with Crippen LogP contribution in [0.3, 0.4) is 0 Å². The maximum Gasteiger partial charge on any atom is 0.317 e. The Hall–Kier alpha value is -2.35. The van der Waals surface area contributed by atoms with Crippen molar-refractivity contribution in [2.75, 3.05) is 5.32 Å². The number of urea groups is 1. The number of nitrogens with zero attached hydrogens (tertiary/aromatic N) is 2. The minimum Gasteiger partial charge on any atom is -0.365 e. The summed E-state index contributed by atoms with van der Waals surface area (Å²) >= 11 is 1.32. The van der Waals surface area contributed by atoms with Crippen molar-refractivity contribution < 1.29 is 9.59 Å². The van der Waals surface area contributed by atoms with Gasteiger partial charge in [0.05, 0.1) is 17.3 Å². The van der Waals surface area contributed by atoms with Gasteiger partial charge in [0.25, 0.3) is 5.91 Å². The Kier molecular flexibility index (Phi) is 3.44. The molecule has 1 aliphatic rings. The molecule has 23 heavy (non-hydrogen) atoms. The van der Waals surface area contributed by atoms with E-state index < -0.39 is 11.9 Å². The van der Waals surface area contributed by atoms with E-state index in [1.165, 1.54) is 11.3 Å². The molecule has 3 amide bonds. The summed E-state index contributed by atoms with van der Waals surface area (Å²) in [6.07, 6.45) is 3.26. The number of carbonyl (C=O) groups is 2. The predicted octanol–water partition coefficient (Wildman–Crippen LogP) is 2.05. The molecule has 0 unspecified atom stereocenters. The number of hydrogen-bond donors (Lipinski definition) is 3. The van der Waals surface area contributed by atoms with Gasteiger partial charge in [-0.15, -0.1) is 11.3 Å². The first kappa shape index (κ1) is 15.5. The molecule has 2 aromatic heterocycles. The fourth-order valence-electron chi connectivity index (χ4n) is 3.01. The van der Waals surface area contributed by atoms with Crippen LogP contribution in [0.1, 0.15) is 42.4 Å². The summed E-state index contributed by atoms with van der Waals surface area (Å²) in [6.45, 7) is 6.29. The second-order valence-electron chi connectivity index (χ2n) is 6.55. The molecule has 0 atom stereocenters. The smallest absolute Gasteiger partial charge is 0.317 e. The van der Waals surface area contributed by atoms with E-state index >= 15 is 0 Å². The molecule has 5 N–H and O–H groups in total. The van der Waals surface area contributed by atoms with Gasteiger partial charge in [-0.05, 0) is 39.2 Å². The van der Waals surface area contributed by atoms with Crippen LogP contribution in [0.5, 0.6) is 0 Å². The van der Waals surface area contributed by atoms with Crippen LogP contribution in [0.15, 0.2) is 6.20 Å². The van der Waals surface area contributed by atoms with Crippen LogP contribution >= 0.6 is 11.3 Å². The van der Waals surface area contributed by atoms with E-state index in [4.69, 9.17) is 11.5 Å². The number of primary amides is 2. The minimum absolute atomic E-state index is 0.122. The lowest BCUT2D eigenvalue weighted by atomic mass is 9.93. The maximum absolute atomic E-state index is 11.8. The number of fused-ring (bicyclic) bond motifs is 3. The van der Waals surface area contributed by atoms with E-state index in [0.29, 0.717) is 17.0 Å². The second kappa shape index (κ2) is 5.09. The quantitative estimate of drug-likeness (QED) is 0.781. The predicted molar refractivity (Wildman–Crippen MR) is 89.7 cm³/mol. The van der Waals surface area contributed by atoms with Crippen LogP contribution in [0.25, 0.3) is 10.4 Å². The Morgan fingerprint density at radius 3 is 2.57 bits per heavy atom. The zero-order valence-corrected chi connectivity index (χ0v) is 14.1. The number of amides is 3. The normalized spacial score (nSPS) is 13.3. The molecule has 0 saturated heterocycles. The second-order valence-corrected chi connectivity index (χ2v) is 7.58. The van der Waals surface area contributed by atoms with Crippen molar-refractivity contribution >= 4 is 28.3 Å². The molecule has 0 spiro atoms. The van der Waals surface area contributed by atoms with E-state index in [1.54, 1.807) is 0 Å². The number of carbonyl (C=O) groups excluding carboxylic acids is 2. The topological polar surface area (TPSA) is 116 Å². The van der Waals surface area contributed by atoms with Crippen molar-refractivity contribution in [3.05, 3.63) is 23.0 Å². The van der Waals surface area contributed by atoms with Gasteiger partial charge in [0.2, 0.25) is 0 Å². The monoisotopic (exact) mass is 333 g/mol. The Morgan fingerprint density at radius 1 is 1.30 bits per heavy atom. The largest absolute Gasteiger partial charge is 0.365 e. The highest BCUT2D eigenvalue weighted by molar-refractivity contribution is 7.20. The van der Waals surface area contributed by atoms with Gasteiger partial charge in [0, 0.05) is 16.1 Å². The van der Waals surface area contributed by atoms with Crippen molar-refractivity contribution in [2.45, 2.75) is 39.2 Å². The highest BCUT2D eigenvalue weighted by atomic mass is 32.1. The lowest BCUT2D eigenvalue weighted by Crippen LogP contribution is -2.26. The standard InChI is InChI=1S/C15H19N5O2S/c1-15(2,3)20-9-5-4-7-10(12(16)21)13(19-14(17)22)23-11(7)8(9)6-18-20/h6H,4-5H2,1-3H3,(H2,16,21)(H3,17,19,22). The highest BCUT2D eigenvalue weighted by Gasteiger charge is 2.31. The summed E-state index contributed by atoms with van der Waals surface area (Å²) in [7, 11) is 0. The van der Waals surface area contributed by atoms with Crippen LogP contribution in [0, 0.1) is 0 Å². The molecule has 8 heteroatoms. The average molecular weight is 333 g/mol. The number of anilines is 1. The van der Waals surface area contributed by atoms with Crippen molar-refractivity contribution in [1.82, 2.24) is 9.78 Å². The summed E-state index contributed by atoms with van der Waals surface area (Å²) in [5.41, 5.74) is 13.9. The molecular weight excluding hydrogens is 314 g/mol. The summed E-state index contributed by atoms with van der Waals surface area (Å²) in [4.78, 5) is 23.9. The van der Waals surface area contributed by atoms with Crippen LogP contribution in [0.4, 0.5) is 9.80 Å². The molecule has 2 aromatic rings. The van der Waals surface area contributed by atoms with Crippen LogP contribution in [-0.2, 0) is 18.4 Å². The summed E-state index contributed by atoms with van der Waals surface area (Å²) in [5.74, 6) is -0.557. The molecule has 1 aliphatic carbocycles. The number of rotatable bonds is 2. The van der Waals surface area contributed by atoms with Gasteiger partial charge >= 0.3 is 6.03 Å². The van der Waals surface area contributed by atoms with Crippen molar-refractivity contribution in [2.24, 2.45) is 11.5 Å². The molecule has 7 nitrogen and oxygen atoms in total. The lowest BCUT2D eigenvalue weighted by Gasteiger charge is -2.24. The van der Waals surface area contributed by atoms with Gasteiger partial charge in [-0.2, -0.15) is 5.10 Å². The molecule has 122 valence electrons. The first-order chi connectivity index (χ1) is 10.7. The summed E-state index contributed by atoms with van der Waals surface area (Å²) in [6, 6.07) is -0.711. The van der Waals surface area contributed by atoms with Gasteiger partial charge in [-0.1, -0.05) is 0 Å². The van der Waals surface area contributed by atoms with E-state index in [-0.39, 0.29) is 5.54 Å². The third-order valence-corrected chi connectivity index (χ3v) is 5.03. The Morgan fingerprint density at radius 2 is 2.00 bits per heavy atom. The zero-order valence-electron chi connectivity index (χ0n) is 13.3. The number of thiophene rings is 1. The Labute approximate surface area is 137 Å². The van der Waals surface area contributed by atoms with Gasteiger partial charge in [-0.3, -0.25) is 14.8 Å². The molecule has 0 saturated carbocycles. The SMILES string of the molecule is CC(C)(C)n1ncc2c1CCc1c-2sc(NC(N)=O)c1C(N)=O. The number of aromatic nitrogens is 2. The summed E-state index contributed by atoms with van der Waals surface area (Å²) in [5, 5.41) is 7.43. The van der Waals surface area contributed by atoms with Gasteiger partial charge in [-0.25, -0.2) is 4.79 Å². The van der Waals surface area contributed by atoms with E-state index in [2.05, 4.69) is 31.2 Å². The van der Waals surface area contributed by atoms with E-state index in [1.807, 2.05) is 10.9 Å². The Balaban J connectivity index is 2.19. The third kappa shape index (κ3) is 2.48. The fourth-order valence-corrected chi connectivity index (χ4v) is 4.30. The average Bonchev–Trinajstić information content (AvgIpc) is 2.96. The maximum atomic E-state index is 11.8. The van der Waals surface area contributed by atoms with Crippen molar-refractivity contribution in [3.63, 3.8) is 0 Å². The zero-order chi connectivity index (χ0) is 16.9. The molecular formula is C15H19N5O2S. The molecule has 0 bridgehead atoms. The van der Waals surface area contributed by atoms with Crippen molar-refractivity contribution in [1.29, 1.82) is 0 Å². The molecule has 0 aromatic carbocycles. The molecule has 0 aliphatic heterocycles. The van der Waals surface area contributed by atoms with Crippen molar-refractivity contribution in [3.8, 4) is 10.4 Å². The summed E-state index contributed by atoms with van der Waals surface area (Å²) < 4.78 is 2.01. The first-order valence-corrected chi connectivity index (χ1v) is 8.11. The highest BCUT2D eigenvalue weighted by Crippen LogP contribution is 2.45. The number of nitrogens with one attached hydrogen (secondary N) is 1. The number of hydrogen-bond acceptors (Lipinski definition) is 4. The third-order valence-electron chi connectivity index (χ3n) is 3.85. The lowest BCUT2D eigenvalue weighted by molar-refractivity contribution is 0.100. The first-order valence-electron chi connectivity index (χ1n) is 7.30. The van der Waals surface area contributed by atoms with Gasteiger partial charge in [0.15, 0.2) is 0 Å². The van der Waals surface area contributed by atoms with Crippen LogP contribution in [0.2, 0.25) is 0 Å². The van der Waals surface area contributed by atoms with Gasteiger partial charge < -0.3 is 11.5 Å². The molecule has 0 radical (unpaired) electrons. The van der Waals surface area contributed by atoms with Gasteiger partial charge in [0.1, 0.15) is 5.00 Å². The minimum atomic E-state index is -0.711. The van der Waals surface area contributed by atoms with E-state index in [0.717, 1.165) is 28.1 Å². The number of nitrogens with two attached hydrogens (primary N) is 2. The van der Waals surface area contributed by atoms with Crippen LogP contribution < -0.4 is 16.8 Å². The Bertz CT molecular complexity index is 813. The molecule has 3 rings (SSSR count).